The van der Waals surface area contributed by atoms with Gasteiger partial charge >= 0.3 is 6.18 Å². The highest BCUT2D eigenvalue weighted by molar-refractivity contribution is 7.98. The van der Waals surface area contributed by atoms with Crippen LogP contribution in [-0.2, 0) is 4.79 Å². The zero-order valence-corrected chi connectivity index (χ0v) is 13.9. The molecule has 1 unspecified atom stereocenters. The summed E-state index contributed by atoms with van der Waals surface area (Å²) in [5.41, 5.74) is 0.465. The zero-order valence-electron chi connectivity index (χ0n) is 13.1. The van der Waals surface area contributed by atoms with Gasteiger partial charge in [0.1, 0.15) is 29.2 Å². The Labute approximate surface area is 145 Å². The third kappa shape index (κ3) is 3.21. The predicted octanol–water partition coefficient (Wildman–Crippen LogP) is 3.98. The van der Waals surface area contributed by atoms with Gasteiger partial charge in [0.05, 0.1) is 10.6 Å². The Bertz CT molecular complexity index is 760. The first kappa shape index (κ1) is 16.7. The number of ketones is 1. The maximum absolute atomic E-state index is 14.0. The second kappa shape index (κ2) is 5.89. The lowest BCUT2D eigenvalue weighted by Crippen LogP contribution is -2.51. The normalized spacial score (nSPS) is 23.8. The van der Waals surface area contributed by atoms with E-state index in [-0.39, 0.29) is 18.7 Å². The molecule has 9 heteroatoms. The fourth-order valence-electron chi connectivity index (χ4n) is 3.16. The number of piperidine rings is 1. The highest BCUT2D eigenvalue weighted by Crippen LogP contribution is 2.46. The summed E-state index contributed by atoms with van der Waals surface area (Å²) in [6.07, 6.45) is -3.19. The van der Waals surface area contributed by atoms with E-state index in [2.05, 4.69) is 9.71 Å². The SMILES string of the molecule is O=C1CCN(c2cc(F)cc3c2N=C(C2CC2)NS3)C(C(F)(F)F)C1. The zero-order chi connectivity index (χ0) is 17.8. The molecule has 0 amide bonds. The van der Waals surface area contributed by atoms with E-state index < -0.39 is 30.2 Å². The van der Waals surface area contributed by atoms with Gasteiger partial charge in [0, 0.05) is 25.3 Å². The quantitative estimate of drug-likeness (QED) is 0.629. The van der Waals surface area contributed by atoms with Crippen molar-refractivity contribution in [1.82, 2.24) is 4.72 Å². The van der Waals surface area contributed by atoms with Gasteiger partial charge < -0.3 is 9.62 Å². The molecule has 1 atom stereocenters. The molecule has 2 heterocycles. The van der Waals surface area contributed by atoms with Gasteiger partial charge in [-0.25, -0.2) is 9.38 Å². The Hall–Kier alpha value is -1.77. The molecule has 1 aliphatic carbocycles. The number of Topliss-reactive ketones (excluding diaryl/α,β-unsaturated/α-hetero) is 1. The lowest BCUT2D eigenvalue weighted by molar-refractivity contribution is -0.158. The van der Waals surface area contributed by atoms with E-state index in [1.54, 1.807) is 0 Å². The van der Waals surface area contributed by atoms with E-state index in [1.165, 1.54) is 18.0 Å². The second-order valence-electron chi connectivity index (χ2n) is 6.49. The highest BCUT2D eigenvalue weighted by Gasteiger charge is 2.47. The molecule has 1 aromatic carbocycles. The first-order valence-electron chi connectivity index (χ1n) is 8.03. The minimum absolute atomic E-state index is 0.0163. The standard InChI is InChI=1S/C16H15F4N3OS/c17-9-5-11(23-4-3-10(24)7-13(23)16(18,19)20)14-12(6-9)25-22-15(21-14)8-1-2-8/h5-6,8,13H,1-4,7H2,(H,21,22). The van der Waals surface area contributed by atoms with Gasteiger partial charge in [-0.3, -0.25) is 4.79 Å². The van der Waals surface area contributed by atoms with Crippen LogP contribution in [0.25, 0.3) is 0 Å². The van der Waals surface area contributed by atoms with E-state index in [1.807, 2.05) is 0 Å². The van der Waals surface area contributed by atoms with Crippen LogP contribution < -0.4 is 9.62 Å². The Morgan fingerprint density at radius 2 is 2.04 bits per heavy atom. The van der Waals surface area contributed by atoms with Gasteiger partial charge in [-0.15, -0.1) is 0 Å². The fourth-order valence-corrected chi connectivity index (χ4v) is 4.01. The summed E-state index contributed by atoms with van der Waals surface area (Å²) in [5, 5.41) is 0. The number of anilines is 1. The van der Waals surface area contributed by atoms with Crippen LogP contribution in [0.4, 0.5) is 28.9 Å². The number of nitrogens with one attached hydrogen (secondary N) is 1. The summed E-state index contributed by atoms with van der Waals surface area (Å²) in [6.45, 7) is -0.0920. The molecule has 0 radical (unpaired) electrons. The van der Waals surface area contributed by atoms with Crippen LogP contribution in [0.15, 0.2) is 22.0 Å². The van der Waals surface area contributed by atoms with Crippen LogP contribution in [0.3, 0.4) is 0 Å². The van der Waals surface area contributed by atoms with Gasteiger partial charge in [-0.05, 0) is 36.9 Å². The second-order valence-corrected chi connectivity index (χ2v) is 7.34. The van der Waals surface area contributed by atoms with Gasteiger partial charge in [0.25, 0.3) is 0 Å². The first-order valence-corrected chi connectivity index (χ1v) is 8.84. The number of hydrogen-bond acceptors (Lipinski definition) is 5. The molecule has 0 aromatic heterocycles. The molecule has 0 spiro atoms. The lowest BCUT2D eigenvalue weighted by atomic mass is 9.99. The molecule has 4 rings (SSSR count). The molecule has 25 heavy (non-hydrogen) atoms. The molecule has 3 aliphatic rings. The number of fused-ring (bicyclic) bond motifs is 1. The number of carbonyl (C=O) groups is 1. The van der Waals surface area contributed by atoms with Crippen LogP contribution in [0, 0.1) is 11.7 Å². The van der Waals surface area contributed by atoms with Crippen molar-refractivity contribution in [3.63, 3.8) is 0 Å². The van der Waals surface area contributed by atoms with E-state index >= 15 is 0 Å². The molecule has 1 aromatic rings. The largest absolute Gasteiger partial charge is 0.409 e. The van der Waals surface area contributed by atoms with E-state index in [0.29, 0.717) is 16.5 Å². The summed E-state index contributed by atoms with van der Waals surface area (Å²) >= 11 is 1.17. The number of amidine groups is 1. The average molecular weight is 373 g/mol. The molecule has 2 fully saturated rings. The fraction of sp³-hybridized carbons (Fsp3) is 0.500. The van der Waals surface area contributed by atoms with Crippen LogP contribution in [0.1, 0.15) is 25.7 Å². The Kier molecular flexibility index (Phi) is 3.93. The molecule has 0 bridgehead atoms. The smallest absolute Gasteiger partial charge is 0.357 e. The molecule has 1 saturated heterocycles. The van der Waals surface area contributed by atoms with Crippen LogP contribution in [0.2, 0.25) is 0 Å². The van der Waals surface area contributed by atoms with Crippen molar-refractivity contribution in [2.45, 2.75) is 42.8 Å². The minimum Gasteiger partial charge on any atom is -0.357 e. The number of benzene rings is 1. The first-order chi connectivity index (χ1) is 11.8. The monoisotopic (exact) mass is 373 g/mol. The maximum Gasteiger partial charge on any atom is 0.409 e. The summed E-state index contributed by atoms with van der Waals surface area (Å²) in [5.74, 6) is -0.0325. The number of nitrogens with zero attached hydrogens (tertiary/aromatic N) is 2. The third-order valence-electron chi connectivity index (χ3n) is 4.60. The number of alkyl halides is 3. The molecule has 4 nitrogen and oxygen atoms in total. The third-order valence-corrected chi connectivity index (χ3v) is 5.44. The van der Waals surface area contributed by atoms with Gasteiger partial charge in [-0.1, -0.05) is 0 Å². The minimum atomic E-state index is -4.57. The molecule has 134 valence electrons. The molecular formula is C16H15F4N3OS. The Morgan fingerprint density at radius 3 is 2.72 bits per heavy atom. The summed E-state index contributed by atoms with van der Waals surface area (Å²) in [7, 11) is 0. The van der Waals surface area contributed by atoms with E-state index in [9.17, 15) is 22.4 Å². The summed E-state index contributed by atoms with van der Waals surface area (Å²) in [6, 6.07) is 0.411. The van der Waals surface area contributed by atoms with Crippen molar-refractivity contribution in [3.8, 4) is 0 Å². The Balaban J connectivity index is 1.79. The Morgan fingerprint density at radius 1 is 1.28 bits per heavy atom. The number of hydrogen-bond donors (Lipinski definition) is 1. The van der Waals surface area contributed by atoms with E-state index in [4.69, 9.17) is 0 Å². The average Bonchev–Trinajstić information content (AvgIpc) is 3.38. The van der Waals surface area contributed by atoms with Crippen molar-refractivity contribution in [2.24, 2.45) is 10.9 Å². The number of rotatable bonds is 2. The molecule has 1 saturated carbocycles. The maximum atomic E-state index is 14.0. The molecule has 2 aliphatic heterocycles. The van der Waals surface area contributed by atoms with Crippen LogP contribution in [-0.4, -0.2) is 30.4 Å². The van der Waals surface area contributed by atoms with E-state index in [0.717, 1.165) is 29.6 Å². The summed E-state index contributed by atoms with van der Waals surface area (Å²) < 4.78 is 57.4. The van der Waals surface area contributed by atoms with Gasteiger partial charge in [0.2, 0.25) is 0 Å². The predicted molar refractivity (Wildman–Crippen MR) is 86.6 cm³/mol. The van der Waals surface area contributed by atoms with Crippen molar-refractivity contribution >= 4 is 34.9 Å². The van der Waals surface area contributed by atoms with Crippen LogP contribution in [0.5, 0.6) is 0 Å². The molecule has 1 N–H and O–H groups in total. The lowest BCUT2D eigenvalue weighted by Gasteiger charge is -2.39. The van der Waals surface area contributed by atoms with Crippen molar-refractivity contribution < 1.29 is 22.4 Å². The van der Waals surface area contributed by atoms with Gasteiger partial charge in [0.15, 0.2) is 0 Å². The van der Waals surface area contributed by atoms with Gasteiger partial charge in [-0.2, -0.15) is 13.2 Å². The van der Waals surface area contributed by atoms with Crippen molar-refractivity contribution in [3.05, 3.63) is 17.9 Å². The van der Waals surface area contributed by atoms with Crippen molar-refractivity contribution in [1.29, 1.82) is 0 Å². The number of halogens is 4. The van der Waals surface area contributed by atoms with Crippen LogP contribution >= 0.6 is 11.9 Å². The topological polar surface area (TPSA) is 44.7 Å². The molecular weight excluding hydrogens is 358 g/mol. The highest BCUT2D eigenvalue weighted by atomic mass is 32.2. The summed E-state index contributed by atoms with van der Waals surface area (Å²) in [4.78, 5) is 17.6. The van der Waals surface area contributed by atoms with Crippen molar-refractivity contribution in [2.75, 3.05) is 11.4 Å². The number of carbonyl (C=O) groups excluding carboxylic acids is 1. The number of aliphatic imine (C=N–C) groups is 1.